The largest absolute Gasteiger partial charge is 0.359 e. The van der Waals surface area contributed by atoms with Crippen molar-refractivity contribution in [1.29, 1.82) is 0 Å². The Morgan fingerprint density at radius 2 is 1.88 bits per heavy atom. The lowest BCUT2D eigenvalue weighted by molar-refractivity contribution is -0.132. The molecule has 2 aromatic rings. The number of rotatable bonds is 4. The summed E-state index contributed by atoms with van der Waals surface area (Å²) in [6.07, 6.45) is 1.48. The quantitative estimate of drug-likeness (QED) is 0.785. The number of aryl methyl sites for hydroxylation is 1. The van der Waals surface area contributed by atoms with E-state index in [4.69, 9.17) is 4.52 Å². The van der Waals surface area contributed by atoms with Gasteiger partial charge in [-0.2, -0.15) is 0 Å². The van der Waals surface area contributed by atoms with Crippen molar-refractivity contribution in [2.75, 3.05) is 13.1 Å². The monoisotopic (exact) mass is 353 g/mol. The first-order chi connectivity index (χ1) is 12.6. The molecule has 3 amide bonds. The van der Waals surface area contributed by atoms with Gasteiger partial charge < -0.3 is 9.42 Å². The third-order valence-corrected chi connectivity index (χ3v) is 5.04. The second kappa shape index (κ2) is 6.40. The highest BCUT2D eigenvalue weighted by atomic mass is 16.5. The predicted molar refractivity (Wildman–Crippen MR) is 91.4 cm³/mol. The van der Waals surface area contributed by atoms with Gasteiger partial charge in [-0.25, -0.2) is 0 Å². The first-order valence-electron chi connectivity index (χ1n) is 8.73. The van der Waals surface area contributed by atoms with E-state index in [2.05, 4.69) is 5.16 Å². The molecular formula is C19H19N3O4. The van der Waals surface area contributed by atoms with Crippen LogP contribution >= 0.6 is 0 Å². The topological polar surface area (TPSA) is 83.7 Å². The van der Waals surface area contributed by atoms with E-state index >= 15 is 0 Å². The highest BCUT2D eigenvalue weighted by molar-refractivity contribution is 6.21. The summed E-state index contributed by atoms with van der Waals surface area (Å²) in [5.74, 6) is 0.194. The van der Waals surface area contributed by atoms with Crippen LogP contribution in [0.4, 0.5) is 0 Å². The van der Waals surface area contributed by atoms with E-state index in [9.17, 15) is 14.4 Å². The molecule has 2 aliphatic rings. The molecule has 1 aromatic carbocycles. The van der Waals surface area contributed by atoms with E-state index in [0.29, 0.717) is 30.6 Å². The van der Waals surface area contributed by atoms with Crippen LogP contribution < -0.4 is 0 Å². The molecule has 0 radical (unpaired) electrons. The molecule has 2 aliphatic heterocycles. The number of hydrogen-bond donors (Lipinski definition) is 0. The number of amides is 3. The maximum absolute atomic E-state index is 12.4. The number of carbonyl (C=O) groups excluding carboxylic acids is 3. The van der Waals surface area contributed by atoms with Crippen molar-refractivity contribution in [2.24, 2.45) is 0 Å². The van der Waals surface area contributed by atoms with Gasteiger partial charge in [-0.05, 0) is 31.9 Å². The molecule has 0 spiro atoms. The first kappa shape index (κ1) is 16.5. The molecule has 7 nitrogen and oxygen atoms in total. The van der Waals surface area contributed by atoms with E-state index in [1.807, 2.05) is 6.92 Å². The van der Waals surface area contributed by atoms with Crippen LogP contribution in [0.2, 0.25) is 0 Å². The molecule has 1 aromatic heterocycles. The zero-order chi connectivity index (χ0) is 18.3. The lowest BCUT2D eigenvalue weighted by atomic mass is 10.1. The Morgan fingerprint density at radius 1 is 1.19 bits per heavy atom. The lowest BCUT2D eigenvalue weighted by Gasteiger charge is -2.26. The highest BCUT2D eigenvalue weighted by Crippen LogP contribution is 2.24. The average molecular weight is 353 g/mol. The van der Waals surface area contributed by atoms with Gasteiger partial charge in [0.25, 0.3) is 11.8 Å². The number of nitrogens with zero attached hydrogens (tertiary/aromatic N) is 3. The Hall–Kier alpha value is -2.96. The van der Waals surface area contributed by atoms with E-state index in [0.717, 1.165) is 23.4 Å². The third-order valence-electron chi connectivity index (χ3n) is 5.04. The molecule has 0 saturated heterocycles. The van der Waals surface area contributed by atoms with Crippen LogP contribution in [0.1, 0.15) is 50.6 Å². The van der Waals surface area contributed by atoms with Crippen LogP contribution in [0.25, 0.3) is 0 Å². The fourth-order valence-electron chi connectivity index (χ4n) is 3.58. The number of carbonyl (C=O) groups is 3. The van der Waals surface area contributed by atoms with Gasteiger partial charge in [-0.1, -0.05) is 17.3 Å². The van der Waals surface area contributed by atoms with E-state index in [-0.39, 0.29) is 30.7 Å². The maximum atomic E-state index is 12.4. The van der Waals surface area contributed by atoms with Crippen molar-refractivity contribution in [1.82, 2.24) is 15.0 Å². The summed E-state index contributed by atoms with van der Waals surface area (Å²) in [5, 5.41) is 3.95. The molecule has 0 N–H and O–H groups in total. The van der Waals surface area contributed by atoms with Gasteiger partial charge in [-0.3, -0.25) is 19.3 Å². The average Bonchev–Trinajstić information content (AvgIpc) is 3.14. The van der Waals surface area contributed by atoms with Crippen LogP contribution in [-0.4, -0.2) is 45.8 Å². The number of aromatic nitrogens is 1. The van der Waals surface area contributed by atoms with Crippen molar-refractivity contribution in [2.45, 2.75) is 32.7 Å². The van der Waals surface area contributed by atoms with Crippen LogP contribution in [0.15, 0.2) is 28.8 Å². The summed E-state index contributed by atoms with van der Waals surface area (Å²) < 4.78 is 5.28. The van der Waals surface area contributed by atoms with Gasteiger partial charge in [0.1, 0.15) is 0 Å². The summed E-state index contributed by atoms with van der Waals surface area (Å²) in [6.45, 7) is 3.23. The molecule has 0 fully saturated rings. The molecule has 0 bridgehead atoms. The minimum absolute atomic E-state index is 0.00121. The molecule has 0 saturated carbocycles. The summed E-state index contributed by atoms with van der Waals surface area (Å²) in [7, 11) is 0. The zero-order valence-electron chi connectivity index (χ0n) is 14.5. The molecule has 26 heavy (non-hydrogen) atoms. The van der Waals surface area contributed by atoms with Gasteiger partial charge in [0.2, 0.25) is 5.91 Å². The zero-order valence-corrected chi connectivity index (χ0v) is 14.5. The van der Waals surface area contributed by atoms with Gasteiger partial charge in [0, 0.05) is 25.1 Å². The number of benzene rings is 1. The standard InChI is InChI=1S/C19H19N3O4/c1-12-13-8-10-21(11-16(13)26-20-12)17(23)7-4-9-22-18(24)14-5-2-3-6-15(14)19(22)25/h2-3,5-6H,4,7-11H2,1H3. The molecule has 0 unspecified atom stereocenters. The summed E-state index contributed by atoms with van der Waals surface area (Å²) in [4.78, 5) is 40.0. The molecule has 134 valence electrons. The summed E-state index contributed by atoms with van der Waals surface area (Å²) in [6, 6.07) is 6.80. The third kappa shape index (κ3) is 2.69. The van der Waals surface area contributed by atoms with E-state index < -0.39 is 0 Å². The molecule has 7 heteroatoms. The van der Waals surface area contributed by atoms with Crippen LogP contribution in [0.5, 0.6) is 0 Å². The molecule has 4 rings (SSSR count). The van der Waals surface area contributed by atoms with Crippen molar-refractivity contribution >= 4 is 17.7 Å². The Bertz CT molecular complexity index is 867. The van der Waals surface area contributed by atoms with E-state index in [1.165, 1.54) is 4.90 Å². The summed E-state index contributed by atoms with van der Waals surface area (Å²) >= 11 is 0. The number of hydrogen-bond acceptors (Lipinski definition) is 5. The molecule has 0 atom stereocenters. The Balaban J connectivity index is 1.32. The normalized spacial score (nSPS) is 16.0. The van der Waals surface area contributed by atoms with Gasteiger partial charge in [0.05, 0.1) is 23.4 Å². The van der Waals surface area contributed by atoms with Crippen molar-refractivity contribution in [3.8, 4) is 0 Å². The van der Waals surface area contributed by atoms with Crippen molar-refractivity contribution in [3.63, 3.8) is 0 Å². The van der Waals surface area contributed by atoms with Crippen LogP contribution in [0.3, 0.4) is 0 Å². The van der Waals surface area contributed by atoms with Crippen molar-refractivity contribution in [3.05, 3.63) is 52.4 Å². The Morgan fingerprint density at radius 3 is 2.58 bits per heavy atom. The second-order valence-electron chi connectivity index (χ2n) is 6.65. The minimum atomic E-state index is -0.280. The van der Waals surface area contributed by atoms with E-state index in [1.54, 1.807) is 29.2 Å². The van der Waals surface area contributed by atoms with Gasteiger partial charge in [0.15, 0.2) is 5.76 Å². The van der Waals surface area contributed by atoms with Crippen LogP contribution in [0, 0.1) is 6.92 Å². The summed E-state index contributed by atoms with van der Waals surface area (Å²) in [5.41, 5.74) is 2.86. The second-order valence-corrected chi connectivity index (χ2v) is 6.65. The fraction of sp³-hybridized carbons (Fsp3) is 0.368. The van der Waals surface area contributed by atoms with Crippen molar-refractivity contribution < 1.29 is 18.9 Å². The number of fused-ring (bicyclic) bond motifs is 2. The molecule has 3 heterocycles. The van der Waals surface area contributed by atoms with Gasteiger partial charge in [-0.15, -0.1) is 0 Å². The van der Waals surface area contributed by atoms with Crippen LogP contribution in [-0.2, 0) is 17.8 Å². The smallest absolute Gasteiger partial charge is 0.261 e. The predicted octanol–water partition coefficient (Wildman–Crippen LogP) is 1.94. The Labute approximate surface area is 150 Å². The maximum Gasteiger partial charge on any atom is 0.261 e. The molecular weight excluding hydrogens is 334 g/mol. The number of imide groups is 1. The van der Waals surface area contributed by atoms with Gasteiger partial charge >= 0.3 is 0 Å². The highest BCUT2D eigenvalue weighted by Gasteiger charge is 2.34. The fourth-order valence-corrected chi connectivity index (χ4v) is 3.58. The molecule has 0 aliphatic carbocycles. The SMILES string of the molecule is Cc1noc2c1CCN(C(=O)CCCN1C(=O)c3ccccc3C1=O)C2. The Kier molecular flexibility index (Phi) is 4.06. The minimum Gasteiger partial charge on any atom is -0.359 e. The lowest BCUT2D eigenvalue weighted by Crippen LogP contribution is -2.36. The first-order valence-corrected chi connectivity index (χ1v) is 8.73.